The maximum atomic E-state index is 11.6. The molecule has 0 saturated heterocycles. The lowest BCUT2D eigenvalue weighted by atomic mass is 10.2. The van der Waals surface area contributed by atoms with Gasteiger partial charge in [0.25, 0.3) is 0 Å². The summed E-state index contributed by atoms with van der Waals surface area (Å²) in [5, 5.41) is 10.5. The Labute approximate surface area is 121 Å². The standard InChI is InChI=1S/C12H18N6OS/c1-8(2)7-17(6-5-9(13)20)11-4-3-10-14-15-12(19)18(10)16-11/h3-4,8H,5-7H2,1-2H3,(H2,13,20)(H,15,19). The first-order valence-corrected chi connectivity index (χ1v) is 6.86. The second-order valence-electron chi connectivity index (χ2n) is 5.05. The first-order chi connectivity index (χ1) is 9.47. The van der Waals surface area contributed by atoms with Crippen LogP contribution >= 0.6 is 12.2 Å². The summed E-state index contributed by atoms with van der Waals surface area (Å²) in [4.78, 5) is 14.1. The van der Waals surface area contributed by atoms with Crippen LogP contribution in [0.2, 0.25) is 0 Å². The van der Waals surface area contributed by atoms with Crippen LogP contribution in [0, 0.1) is 5.92 Å². The zero-order valence-corrected chi connectivity index (χ0v) is 12.4. The van der Waals surface area contributed by atoms with Gasteiger partial charge in [-0.3, -0.25) is 0 Å². The average molecular weight is 294 g/mol. The van der Waals surface area contributed by atoms with Gasteiger partial charge in [-0.05, 0) is 18.1 Å². The first kappa shape index (κ1) is 14.4. The maximum Gasteiger partial charge on any atom is 0.364 e. The fourth-order valence-electron chi connectivity index (χ4n) is 1.95. The monoisotopic (exact) mass is 294 g/mol. The molecule has 0 aliphatic heterocycles. The van der Waals surface area contributed by atoms with Gasteiger partial charge in [0.15, 0.2) is 5.65 Å². The molecule has 2 rings (SSSR count). The Balaban J connectivity index is 2.31. The van der Waals surface area contributed by atoms with Crippen molar-refractivity contribution in [2.24, 2.45) is 11.7 Å². The Hall–Kier alpha value is -1.96. The number of nitrogens with one attached hydrogen (secondary N) is 1. The Bertz CT molecular complexity index is 661. The van der Waals surface area contributed by atoms with E-state index in [1.54, 1.807) is 6.07 Å². The van der Waals surface area contributed by atoms with E-state index in [4.69, 9.17) is 18.0 Å². The van der Waals surface area contributed by atoms with E-state index in [2.05, 4.69) is 34.0 Å². The van der Waals surface area contributed by atoms with Crippen molar-refractivity contribution in [2.45, 2.75) is 20.3 Å². The summed E-state index contributed by atoms with van der Waals surface area (Å²) in [7, 11) is 0. The zero-order chi connectivity index (χ0) is 14.7. The van der Waals surface area contributed by atoms with Crippen LogP contribution in [0.3, 0.4) is 0 Å². The van der Waals surface area contributed by atoms with Gasteiger partial charge in [0, 0.05) is 19.5 Å². The number of fused-ring (bicyclic) bond motifs is 1. The zero-order valence-electron chi connectivity index (χ0n) is 11.5. The molecule has 2 heterocycles. The normalized spacial score (nSPS) is 11.2. The Kier molecular flexibility index (Phi) is 4.33. The molecule has 7 nitrogen and oxygen atoms in total. The largest absolute Gasteiger partial charge is 0.393 e. The van der Waals surface area contributed by atoms with Crippen molar-refractivity contribution in [3.63, 3.8) is 0 Å². The molecule has 0 amide bonds. The third kappa shape index (κ3) is 3.32. The summed E-state index contributed by atoms with van der Waals surface area (Å²) in [5.74, 6) is 1.17. The van der Waals surface area contributed by atoms with Gasteiger partial charge in [0.2, 0.25) is 0 Å². The van der Waals surface area contributed by atoms with Crippen LogP contribution in [0.15, 0.2) is 16.9 Å². The van der Waals surface area contributed by atoms with E-state index in [0.29, 0.717) is 35.3 Å². The van der Waals surface area contributed by atoms with Crippen LogP contribution in [0.1, 0.15) is 20.3 Å². The summed E-state index contributed by atoms with van der Waals surface area (Å²) in [6, 6.07) is 3.60. The molecule has 0 radical (unpaired) electrons. The van der Waals surface area contributed by atoms with Gasteiger partial charge < -0.3 is 10.6 Å². The predicted molar refractivity (Wildman–Crippen MR) is 82.1 cm³/mol. The van der Waals surface area contributed by atoms with Crippen molar-refractivity contribution < 1.29 is 0 Å². The number of nitrogens with two attached hydrogens (primary N) is 1. The molecule has 108 valence electrons. The molecule has 3 N–H and O–H groups in total. The molecule has 0 aromatic carbocycles. The lowest BCUT2D eigenvalue weighted by Crippen LogP contribution is -2.32. The highest BCUT2D eigenvalue weighted by atomic mass is 32.1. The SMILES string of the molecule is CC(C)CN(CCC(N)=S)c1ccc2n[nH]c(=O)n2n1. The van der Waals surface area contributed by atoms with Gasteiger partial charge in [-0.25, -0.2) is 9.89 Å². The molecule has 0 fully saturated rings. The Morgan fingerprint density at radius 3 is 2.95 bits per heavy atom. The van der Waals surface area contributed by atoms with E-state index >= 15 is 0 Å². The Morgan fingerprint density at radius 1 is 1.55 bits per heavy atom. The topological polar surface area (TPSA) is 92.3 Å². The summed E-state index contributed by atoms with van der Waals surface area (Å²) in [5.41, 5.74) is 5.71. The summed E-state index contributed by atoms with van der Waals surface area (Å²) >= 11 is 4.92. The Morgan fingerprint density at radius 2 is 2.30 bits per heavy atom. The molecule has 0 unspecified atom stereocenters. The highest BCUT2D eigenvalue weighted by molar-refractivity contribution is 7.80. The molecule has 0 aliphatic carbocycles. The molecule has 0 saturated carbocycles. The molecule has 0 spiro atoms. The number of aromatic amines is 1. The molecule has 0 bridgehead atoms. The minimum Gasteiger partial charge on any atom is -0.393 e. The van der Waals surface area contributed by atoms with Crippen molar-refractivity contribution in [3.8, 4) is 0 Å². The summed E-state index contributed by atoms with van der Waals surface area (Å²) in [6.07, 6.45) is 0.613. The minimum atomic E-state index is -0.347. The third-order valence-electron chi connectivity index (χ3n) is 2.80. The minimum absolute atomic E-state index is 0.347. The molecule has 0 aliphatic rings. The number of nitrogens with zero attached hydrogens (tertiary/aromatic N) is 4. The van der Waals surface area contributed by atoms with E-state index in [0.717, 1.165) is 6.54 Å². The van der Waals surface area contributed by atoms with Crippen LogP contribution < -0.4 is 16.3 Å². The molecule has 20 heavy (non-hydrogen) atoms. The number of aromatic nitrogens is 4. The lowest BCUT2D eigenvalue weighted by Gasteiger charge is -2.25. The van der Waals surface area contributed by atoms with Crippen LogP contribution in [-0.4, -0.2) is 37.9 Å². The van der Waals surface area contributed by atoms with E-state index < -0.39 is 0 Å². The van der Waals surface area contributed by atoms with Gasteiger partial charge in [-0.15, -0.1) is 5.10 Å². The fourth-order valence-corrected chi connectivity index (χ4v) is 2.04. The first-order valence-electron chi connectivity index (χ1n) is 6.45. The van der Waals surface area contributed by atoms with Crippen LogP contribution in [0.4, 0.5) is 5.82 Å². The van der Waals surface area contributed by atoms with Crippen LogP contribution in [-0.2, 0) is 0 Å². The number of anilines is 1. The summed E-state index contributed by atoms with van der Waals surface area (Å²) < 4.78 is 1.25. The number of rotatable bonds is 6. The van der Waals surface area contributed by atoms with E-state index in [1.807, 2.05) is 6.07 Å². The smallest absolute Gasteiger partial charge is 0.364 e. The molecular weight excluding hydrogens is 276 g/mol. The predicted octanol–water partition coefficient (Wildman–Crippen LogP) is 0.556. The molecule has 8 heteroatoms. The quantitative estimate of drug-likeness (QED) is 0.756. The van der Waals surface area contributed by atoms with Gasteiger partial charge in [0.1, 0.15) is 5.82 Å². The van der Waals surface area contributed by atoms with Gasteiger partial charge in [-0.2, -0.15) is 9.61 Å². The van der Waals surface area contributed by atoms with Crippen molar-refractivity contribution >= 4 is 28.7 Å². The van der Waals surface area contributed by atoms with Gasteiger partial charge in [-0.1, -0.05) is 26.1 Å². The van der Waals surface area contributed by atoms with E-state index in [9.17, 15) is 4.79 Å². The van der Waals surface area contributed by atoms with Crippen molar-refractivity contribution in [1.29, 1.82) is 0 Å². The lowest BCUT2D eigenvalue weighted by molar-refractivity contribution is 0.605. The van der Waals surface area contributed by atoms with E-state index in [1.165, 1.54) is 4.52 Å². The average Bonchev–Trinajstić information content (AvgIpc) is 2.75. The number of hydrogen-bond donors (Lipinski definition) is 2. The van der Waals surface area contributed by atoms with Crippen molar-refractivity contribution in [2.75, 3.05) is 18.0 Å². The molecule has 2 aromatic rings. The van der Waals surface area contributed by atoms with Gasteiger partial charge in [0.05, 0.1) is 4.99 Å². The number of hydrogen-bond acceptors (Lipinski definition) is 5. The number of H-pyrrole nitrogens is 1. The molecule has 2 aromatic heterocycles. The third-order valence-corrected chi connectivity index (χ3v) is 3.00. The van der Waals surface area contributed by atoms with E-state index in [-0.39, 0.29) is 5.69 Å². The maximum absolute atomic E-state index is 11.6. The highest BCUT2D eigenvalue weighted by Gasteiger charge is 2.12. The van der Waals surface area contributed by atoms with Crippen LogP contribution in [0.5, 0.6) is 0 Å². The molecular formula is C12H18N6OS. The second-order valence-corrected chi connectivity index (χ2v) is 5.57. The number of thiocarbonyl (C=S) groups is 1. The van der Waals surface area contributed by atoms with Crippen molar-refractivity contribution in [1.82, 2.24) is 19.8 Å². The second kappa shape index (κ2) is 6.00. The van der Waals surface area contributed by atoms with Gasteiger partial charge >= 0.3 is 5.69 Å². The fraction of sp³-hybridized carbons (Fsp3) is 0.500. The summed E-state index contributed by atoms with van der Waals surface area (Å²) in [6.45, 7) is 5.74. The van der Waals surface area contributed by atoms with Crippen LogP contribution in [0.25, 0.3) is 5.65 Å². The van der Waals surface area contributed by atoms with Crippen molar-refractivity contribution in [3.05, 3.63) is 22.6 Å². The molecule has 0 atom stereocenters. The highest BCUT2D eigenvalue weighted by Crippen LogP contribution is 2.13.